The topological polar surface area (TPSA) is 118 Å². The maximum absolute atomic E-state index is 12.4. The Morgan fingerprint density at radius 2 is 2.04 bits per heavy atom. The van der Waals surface area contributed by atoms with Crippen molar-refractivity contribution in [2.75, 3.05) is 31.6 Å². The van der Waals surface area contributed by atoms with Crippen LogP contribution in [0.4, 0.5) is 5.82 Å². The summed E-state index contributed by atoms with van der Waals surface area (Å²) in [4.78, 5) is 38.3. The van der Waals surface area contributed by atoms with E-state index in [0.29, 0.717) is 44.2 Å². The van der Waals surface area contributed by atoms with Crippen LogP contribution in [-0.4, -0.2) is 64.7 Å². The minimum atomic E-state index is -0.736. The van der Waals surface area contributed by atoms with Gasteiger partial charge in [-0.25, -0.2) is 4.68 Å². The number of carbonyl (C=O) groups excluding carboxylic acids is 3. The van der Waals surface area contributed by atoms with Crippen LogP contribution in [0.1, 0.15) is 32.3 Å². The van der Waals surface area contributed by atoms with Crippen molar-refractivity contribution in [1.29, 1.82) is 0 Å². The summed E-state index contributed by atoms with van der Waals surface area (Å²) in [7, 11) is 0. The number of morpholine rings is 1. The van der Waals surface area contributed by atoms with E-state index in [1.54, 1.807) is 13.0 Å². The summed E-state index contributed by atoms with van der Waals surface area (Å²) in [6.07, 6.45) is -0.216. The third-order valence-electron chi connectivity index (χ3n) is 4.72. The number of hydrogen-bond acceptors (Lipinski definition) is 6. The summed E-state index contributed by atoms with van der Waals surface area (Å²) in [6.45, 7) is 7.47. The Labute approximate surface area is 157 Å². The quantitative estimate of drug-likeness (QED) is 0.615. The van der Waals surface area contributed by atoms with Gasteiger partial charge < -0.3 is 20.3 Å². The van der Waals surface area contributed by atoms with Crippen LogP contribution in [0, 0.1) is 12.8 Å². The molecule has 2 aliphatic heterocycles. The fourth-order valence-electron chi connectivity index (χ4n) is 3.16. The largest absolute Gasteiger partial charge is 0.378 e. The first-order chi connectivity index (χ1) is 12.8. The Morgan fingerprint density at radius 1 is 1.33 bits per heavy atom. The number of hydrogen-bond donors (Lipinski definition) is 3. The number of amides is 3. The van der Waals surface area contributed by atoms with E-state index in [1.165, 1.54) is 9.58 Å². The highest BCUT2D eigenvalue weighted by Crippen LogP contribution is 2.20. The van der Waals surface area contributed by atoms with E-state index in [9.17, 15) is 14.4 Å². The van der Waals surface area contributed by atoms with Crippen LogP contribution in [0.15, 0.2) is 6.07 Å². The van der Waals surface area contributed by atoms with Gasteiger partial charge in [-0.05, 0) is 12.8 Å². The van der Waals surface area contributed by atoms with Crippen molar-refractivity contribution in [1.82, 2.24) is 25.3 Å². The molecule has 2 unspecified atom stereocenters. The fourth-order valence-corrected chi connectivity index (χ4v) is 3.16. The van der Waals surface area contributed by atoms with Gasteiger partial charge in [0.1, 0.15) is 5.82 Å². The first-order valence-electron chi connectivity index (χ1n) is 9.14. The van der Waals surface area contributed by atoms with Crippen LogP contribution in [0.3, 0.4) is 0 Å². The minimum Gasteiger partial charge on any atom is -0.378 e. The van der Waals surface area contributed by atoms with E-state index in [2.05, 4.69) is 21.0 Å². The Hall–Kier alpha value is -2.46. The lowest BCUT2D eigenvalue weighted by atomic mass is 9.99. The van der Waals surface area contributed by atoms with Gasteiger partial charge in [0.05, 0.1) is 18.9 Å². The smallest absolute Gasteiger partial charge is 0.315 e. The molecule has 10 heteroatoms. The molecule has 0 aliphatic carbocycles. The molecule has 2 saturated heterocycles. The summed E-state index contributed by atoms with van der Waals surface area (Å²) in [6, 6.07) is 1.66. The second-order valence-electron chi connectivity index (χ2n) is 7.17. The number of rotatable bonds is 3. The predicted molar refractivity (Wildman–Crippen MR) is 96.6 cm³/mol. The van der Waals surface area contributed by atoms with Crippen LogP contribution in [-0.2, 0) is 19.1 Å². The highest BCUT2D eigenvalue weighted by atomic mass is 16.5. The van der Waals surface area contributed by atoms with Crippen LogP contribution < -0.4 is 16.0 Å². The van der Waals surface area contributed by atoms with E-state index < -0.39 is 18.1 Å². The standard InChI is InChI=1S/C17H26N6O4/c1-10(2)12-9-14(24)20-17(18-12)23-13(8-11(3)21-23)19-15(25)16(26)22-4-6-27-7-5-22/h8,10,12,17-18H,4-7,9H2,1-3H3,(H,19,25)(H,20,24). The van der Waals surface area contributed by atoms with Crippen molar-refractivity contribution < 1.29 is 19.1 Å². The number of carbonyl (C=O) groups is 3. The average Bonchev–Trinajstić information content (AvgIpc) is 3.01. The van der Waals surface area contributed by atoms with Gasteiger partial charge in [0.2, 0.25) is 5.91 Å². The molecule has 0 radical (unpaired) electrons. The molecule has 3 rings (SSSR count). The van der Waals surface area contributed by atoms with Gasteiger partial charge >= 0.3 is 11.8 Å². The van der Waals surface area contributed by atoms with Crippen LogP contribution in [0.2, 0.25) is 0 Å². The van der Waals surface area contributed by atoms with Gasteiger partial charge in [-0.1, -0.05) is 13.8 Å². The van der Waals surface area contributed by atoms with Crippen LogP contribution >= 0.6 is 0 Å². The van der Waals surface area contributed by atoms with E-state index in [1.807, 2.05) is 13.8 Å². The number of aryl methyl sites for hydroxylation is 1. The molecule has 3 N–H and O–H groups in total. The zero-order valence-corrected chi connectivity index (χ0v) is 15.8. The monoisotopic (exact) mass is 378 g/mol. The number of aromatic nitrogens is 2. The summed E-state index contributed by atoms with van der Waals surface area (Å²) in [5, 5.41) is 13.1. The molecular weight excluding hydrogens is 352 g/mol. The Kier molecular flexibility index (Phi) is 5.76. The lowest BCUT2D eigenvalue weighted by Gasteiger charge is -2.34. The summed E-state index contributed by atoms with van der Waals surface area (Å²) < 4.78 is 6.69. The van der Waals surface area contributed by atoms with Gasteiger partial charge in [0, 0.05) is 31.6 Å². The van der Waals surface area contributed by atoms with Crippen LogP contribution in [0.25, 0.3) is 0 Å². The van der Waals surface area contributed by atoms with Gasteiger partial charge in [-0.3, -0.25) is 19.7 Å². The number of anilines is 1. The van der Waals surface area contributed by atoms with E-state index in [0.717, 1.165) is 0 Å². The van der Waals surface area contributed by atoms with E-state index in [4.69, 9.17) is 4.74 Å². The summed E-state index contributed by atoms with van der Waals surface area (Å²) in [5.74, 6) is -0.824. The highest BCUT2D eigenvalue weighted by molar-refractivity contribution is 6.39. The predicted octanol–water partition coefficient (Wildman–Crippen LogP) is -0.421. The Balaban J connectivity index is 1.74. The number of nitrogens with one attached hydrogen (secondary N) is 3. The molecule has 10 nitrogen and oxygen atoms in total. The van der Waals surface area contributed by atoms with E-state index in [-0.39, 0.29) is 17.9 Å². The zero-order chi connectivity index (χ0) is 19.6. The molecule has 2 aliphatic rings. The molecule has 2 atom stereocenters. The Morgan fingerprint density at radius 3 is 2.70 bits per heavy atom. The van der Waals surface area contributed by atoms with Gasteiger partial charge in [-0.2, -0.15) is 5.10 Å². The molecule has 1 aromatic heterocycles. The van der Waals surface area contributed by atoms with Gasteiger partial charge in [-0.15, -0.1) is 0 Å². The first-order valence-corrected chi connectivity index (χ1v) is 9.14. The molecule has 3 amide bonds. The highest BCUT2D eigenvalue weighted by Gasteiger charge is 2.31. The van der Waals surface area contributed by atoms with Crippen LogP contribution in [0.5, 0.6) is 0 Å². The summed E-state index contributed by atoms with van der Waals surface area (Å²) >= 11 is 0. The fraction of sp³-hybridized carbons (Fsp3) is 0.647. The molecule has 0 spiro atoms. The van der Waals surface area contributed by atoms with Crippen molar-refractivity contribution in [3.8, 4) is 0 Å². The molecule has 0 saturated carbocycles. The zero-order valence-electron chi connectivity index (χ0n) is 15.8. The molecule has 0 aromatic carbocycles. The first kappa shape index (κ1) is 19.3. The summed E-state index contributed by atoms with van der Waals surface area (Å²) in [5.41, 5.74) is 0.659. The van der Waals surface area contributed by atoms with Crippen molar-refractivity contribution in [3.05, 3.63) is 11.8 Å². The second-order valence-corrected chi connectivity index (χ2v) is 7.17. The van der Waals surface area contributed by atoms with Crippen molar-refractivity contribution in [3.63, 3.8) is 0 Å². The molecule has 148 valence electrons. The molecule has 1 aromatic rings. The Bertz CT molecular complexity index is 725. The third kappa shape index (κ3) is 4.45. The van der Waals surface area contributed by atoms with Crippen molar-refractivity contribution >= 4 is 23.5 Å². The molecule has 0 bridgehead atoms. The van der Waals surface area contributed by atoms with E-state index >= 15 is 0 Å². The second kappa shape index (κ2) is 8.05. The van der Waals surface area contributed by atoms with Gasteiger partial charge in [0.25, 0.3) is 0 Å². The number of ether oxygens (including phenoxy) is 1. The molecule has 27 heavy (non-hydrogen) atoms. The average molecular weight is 378 g/mol. The SMILES string of the molecule is Cc1cc(NC(=O)C(=O)N2CCOCC2)n(C2NC(=O)CC(C(C)C)N2)n1. The normalized spacial score (nSPS) is 23.3. The lowest BCUT2D eigenvalue weighted by Crippen LogP contribution is -2.55. The van der Waals surface area contributed by atoms with Crippen molar-refractivity contribution in [2.45, 2.75) is 39.5 Å². The maximum Gasteiger partial charge on any atom is 0.315 e. The number of nitrogens with zero attached hydrogens (tertiary/aromatic N) is 3. The molecule has 2 fully saturated rings. The lowest BCUT2D eigenvalue weighted by molar-refractivity contribution is -0.145. The van der Waals surface area contributed by atoms with Crippen molar-refractivity contribution in [2.24, 2.45) is 5.92 Å². The van der Waals surface area contributed by atoms with Gasteiger partial charge in [0.15, 0.2) is 6.29 Å². The molecular formula is C17H26N6O4. The maximum atomic E-state index is 12.4. The third-order valence-corrected chi connectivity index (χ3v) is 4.72. The minimum absolute atomic E-state index is 0.00760. The molecule has 3 heterocycles.